The number of benzene rings is 2. The molecule has 2 aromatic carbocycles. The molecule has 2 aliphatic heterocycles. The number of fused-ring (bicyclic) bond motifs is 2. The van der Waals surface area contributed by atoms with Crippen molar-refractivity contribution >= 4 is 0 Å². The second kappa shape index (κ2) is 6.08. The first-order valence-electron chi connectivity index (χ1n) is 8.37. The molecule has 0 aliphatic carbocycles. The Morgan fingerprint density at radius 2 is 1.91 bits per heavy atom. The third-order valence-corrected chi connectivity index (χ3v) is 5.12. The average Bonchev–Trinajstić information content (AvgIpc) is 3.17. The molecule has 120 valence electrons. The van der Waals surface area contributed by atoms with Crippen LogP contribution in [-0.2, 0) is 21.5 Å². The molecule has 0 radical (unpaired) electrons. The molecule has 2 atom stereocenters. The molecule has 0 saturated carbocycles. The molecular weight excluding hydrogens is 286 g/mol. The highest BCUT2D eigenvalue weighted by Gasteiger charge is 2.49. The van der Waals surface area contributed by atoms with Crippen LogP contribution < -0.4 is 0 Å². The molecule has 4 rings (SSSR count). The molecule has 0 aromatic heterocycles. The molecule has 2 heterocycles. The lowest BCUT2D eigenvalue weighted by Crippen LogP contribution is -2.32. The average molecular weight is 309 g/mol. The lowest BCUT2D eigenvalue weighted by atomic mass is 9.91. The first-order chi connectivity index (χ1) is 11.3. The van der Waals surface area contributed by atoms with E-state index in [1.54, 1.807) is 7.11 Å². The number of ether oxygens (including phenoxy) is 2. The summed E-state index contributed by atoms with van der Waals surface area (Å²) in [6.07, 6.45) is 1.91. The van der Waals surface area contributed by atoms with E-state index < -0.39 is 0 Å². The zero-order chi connectivity index (χ0) is 15.7. The maximum absolute atomic E-state index is 6.35. The van der Waals surface area contributed by atoms with Gasteiger partial charge in [0.1, 0.15) is 5.60 Å². The van der Waals surface area contributed by atoms with E-state index in [9.17, 15) is 0 Å². The summed E-state index contributed by atoms with van der Waals surface area (Å²) in [5.41, 5.74) is 3.72. The summed E-state index contributed by atoms with van der Waals surface area (Å²) in [5.74, 6) is 0. The second-order valence-electron chi connectivity index (χ2n) is 6.53. The molecule has 3 heteroatoms. The van der Waals surface area contributed by atoms with Crippen LogP contribution in [0, 0.1) is 0 Å². The minimum absolute atomic E-state index is 0.187. The first kappa shape index (κ1) is 14.9. The Hall–Kier alpha value is -1.68. The van der Waals surface area contributed by atoms with E-state index in [2.05, 4.69) is 59.5 Å². The fraction of sp³-hybridized carbons (Fsp3) is 0.400. The number of likely N-dealkylation sites (tertiary alicyclic amines) is 1. The molecule has 1 fully saturated rings. The van der Waals surface area contributed by atoms with Crippen LogP contribution in [0.4, 0.5) is 0 Å². The Morgan fingerprint density at radius 3 is 2.74 bits per heavy atom. The molecule has 1 saturated heterocycles. The van der Waals surface area contributed by atoms with Gasteiger partial charge in [-0.25, -0.2) is 0 Å². The van der Waals surface area contributed by atoms with E-state index in [0.29, 0.717) is 0 Å². The summed E-state index contributed by atoms with van der Waals surface area (Å²) in [6.45, 7) is 3.11. The maximum atomic E-state index is 6.35. The van der Waals surface area contributed by atoms with E-state index in [1.165, 1.54) is 16.7 Å². The second-order valence-corrected chi connectivity index (χ2v) is 6.53. The van der Waals surface area contributed by atoms with Gasteiger partial charge in [0.05, 0.1) is 0 Å². The zero-order valence-electron chi connectivity index (χ0n) is 13.6. The molecule has 2 unspecified atom stereocenters. The number of rotatable bonds is 4. The molecule has 0 amide bonds. The predicted molar refractivity (Wildman–Crippen MR) is 90.2 cm³/mol. The Balaban J connectivity index is 1.48. The molecule has 3 nitrogen and oxygen atoms in total. The first-order valence-corrected chi connectivity index (χ1v) is 8.37. The highest BCUT2D eigenvalue weighted by atomic mass is 16.7. The zero-order valence-corrected chi connectivity index (χ0v) is 13.6. The summed E-state index contributed by atoms with van der Waals surface area (Å²) < 4.78 is 11.9. The lowest BCUT2D eigenvalue weighted by Gasteiger charge is -2.25. The Labute approximate surface area is 137 Å². The predicted octanol–water partition coefficient (Wildman–Crippen LogP) is 3.51. The topological polar surface area (TPSA) is 21.7 Å². The summed E-state index contributed by atoms with van der Waals surface area (Å²) in [4.78, 5) is 2.52. The standard InChI is InChI=1S/C20H23NO2/c1-22-19-17-9-5-6-10-18(17)20(23-19)12-14-21(15-20)13-11-16-7-3-2-4-8-16/h2-10,19H,11-15H2,1H3. The van der Waals surface area contributed by atoms with Crippen molar-refractivity contribution in [3.63, 3.8) is 0 Å². The molecule has 0 bridgehead atoms. The van der Waals surface area contributed by atoms with Gasteiger partial charge in [-0.05, 0) is 24.0 Å². The van der Waals surface area contributed by atoms with Crippen molar-refractivity contribution in [1.29, 1.82) is 0 Å². The molecule has 2 aliphatic rings. The van der Waals surface area contributed by atoms with E-state index in [1.807, 2.05) is 0 Å². The minimum atomic E-state index is -0.222. The molecule has 1 spiro atoms. The Morgan fingerprint density at radius 1 is 1.13 bits per heavy atom. The summed E-state index contributed by atoms with van der Waals surface area (Å²) in [6, 6.07) is 19.2. The van der Waals surface area contributed by atoms with E-state index >= 15 is 0 Å². The Kier molecular flexibility index (Phi) is 3.93. The van der Waals surface area contributed by atoms with E-state index in [0.717, 1.165) is 32.5 Å². The van der Waals surface area contributed by atoms with Gasteiger partial charge in [0.15, 0.2) is 6.29 Å². The summed E-state index contributed by atoms with van der Waals surface area (Å²) >= 11 is 0. The van der Waals surface area contributed by atoms with Crippen LogP contribution in [0.2, 0.25) is 0 Å². The third-order valence-electron chi connectivity index (χ3n) is 5.12. The SMILES string of the molecule is COC1OC2(CCN(CCc3ccccc3)C2)c2ccccc21. The smallest absolute Gasteiger partial charge is 0.184 e. The molecule has 23 heavy (non-hydrogen) atoms. The highest BCUT2D eigenvalue weighted by molar-refractivity contribution is 5.38. The molecule has 2 aromatic rings. The minimum Gasteiger partial charge on any atom is -0.352 e. The molecule has 0 N–H and O–H groups in total. The number of hydrogen-bond donors (Lipinski definition) is 0. The summed E-state index contributed by atoms with van der Waals surface area (Å²) in [7, 11) is 1.72. The van der Waals surface area contributed by atoms with Gasteiger partial charge in [0, 0.05) is 32.3 Å². The van der Waals surface area contributed by atoms with Crippen molar-refractivity contribution in [3.8, 4) is 0 Å². The van der Waals surface area contributed by atoms with Crippen LogP contribution in [0.5, 0.6) is 0 Å². The van der Waals surface area contributed by atoms with Crippen LogP contribution in [0.3, 0.4) is 0 Å². The fourth-order valence-electron chi connectivity index (χ4n) is 3.92. The van der Waals surface area contributed by atoms with Crippen LogP contribution in [-0.4, -0.2) is 31.6 Å². The van der Waals surface area contributed by atoms with Crippen molar-refractivity contribution in [3.05, 3.63) is 71.3 Å². The fourth-order valence-corrected chi connectivity index (χ4v) is 3.92. The van der Waals surface area contributed by atoms with Gasteiger partial charge in [-0.15, -0.1) is 0 Å². The lowest BCUT2D eigenvalue weighted by molar-refractivity contribution is -0.183. The van der Waals surface area contributed by atoms with Crippen molar-refractivity contribution < 1.29 is 9.47 Å². The van der Waals surface area contributed by atoms with Crippen molar-refractivity contribution in [2.75, 3.05) is 26.7 Å². The van der Waals surface area contributed by atoms with E-state index in [-0.39, 0.29) is 11.9 Å². The van der Waals surface area contributed by atoms with Gasteiger partial charge >= 0.3 is 0 Å². The van der Waals surface area contributed by atoms with Crippen LogP contribution in [0.15, 0.2) is 54.6 Å². The van der Waals surface area contributed by atoms with Gasteiger partial charge < -0.3 is 9.47 Å². The highest BCUT2D eigenvalue weighted by Crippen LogP contribution is 2.48. The van der Waals surface area contributed by atoms with Gasteiger partial charge in [0.2, 0.25) is 0 Å². The number of hydrogen-bond acceptors (Lipinski definition) is 3. The number of methoxy groups -OCH3 is 1. The Bertz CT molecular complexity index is 672. The van der Waals surface area contributed by atoms with Gasteiger partial charge in [-0.1, -0.05) is 54.6 Å². The maximum Gasteiger partial charge on any atom is 0.184 e. The van der Waals surface area contributed by atoms with Crippen molar-refractivity contribution in [2.45, 2.75) is 24.7 Å². The number of nitrogens with zero attached hydrogens (tertiary/aromatic N) is 1. The van der Waals surface area contributed by atoms with Crippen molar-refractivity contribution in [1.82, 2.24) is 4.90 Å². The monoisotopic (exact) mass is 309 g/mol. The largest absolute Gasteiger partial charge is 0.352 e. The van der Waals surface area contributed by atoms with Crippen LogP contribution in [0.25, 0.3) is 0 Å². The van der Waals surface area contributed by atoms with Crippen LogP contribution >= 0.6 is 0 Å². The van der Waals surface area contributed by atoms with E-state index in [4.69, 9.17) is 9.47 Å². The third kappa shape index (κ3) is 2.69. The van der Waals surface area contributed by atoms with Gasteiger partial charge in [-0.2, -0.15) is 0 Å². The van der Waals surface area contributed by atoms with Gasteiger partial charge in [-0.3, -0.25) is 4.90 Å². The van der Waals surface area contributed by atoms with Gasteiger partial charge in [0.25, 0.3) is 0 Å². The normalized spacial score (nSPS) is 26.7. The van der Waals surface area contributed by atoms with Crippen molar-refractivity contribution in [2.24, 2.45) is 0 Å². The molecular formula is C20H23NO2. The van der Waals surface area contributed by atoms with Crippen LogP contribution in [0.1, 0.15) is 29.4 Å². The summed E-state index contributed by atoms with van der Waals surface area (Å²) in [5, 5.41) is 0. The quantitative estimate of drug-likeness (QED) is 0.863.